The summed E-state index contributed by atoms with van der Waals surface area (Å²) < 4.78 is 32.3. The van der Waals surface area contributed by atoms with Crippen molar-refractivity contribution < 1.29 is 13.2 Å². The topological polar surface area (TPSA) is 46.6 Å². The van der Waals surface area contributed by atoms with E-state index in [4.69, 9.17) is 4.74 Å². The molecular formula is C16H18BrNO3S. The zero-order valence-electron chi connectivity index (χ0n) is 12.7. The van der Waals surface area contributed by atoms with E-state index in [0.29, 0.717) is 16.8 Å². The highest BCUT2D eigenvalue weighted by Crippen LogP contribution is 2.28. The molecule has 0 bridgehead atoms. The van der Waals surface area contributed by atoms with Gasteiger partial charge in [0.15, 0.2) is 0 Å². The molecule has 118 valence electrons. The summed E-state index contributed by atoms with van der Waals surface area (Å²) in [5.74, 6) is 0.597. The van der Waals surface area contributed by atoms with Crippen LogP contribution >= 0.6 is 15.9 Å². The molecule has 0 fully saturated rings. The normalized spacial score (nSPS) is 11.7. The molecule has 0 radical (unpaired) electrons. The predicted octanol–water partition coefficient (Wildman–Crippen LogP) is 3.59. The van der Waals surface area contributed by atoms with Gasteiger partial charge in [-0.2, -0.15) is 4.31 Å². The lowest BCUT2D eigenvalue weighted by Gasteiger charge is -2.18. The molecule has 4 nitrogen and oxygen atoms in total. The summed E-state index contributed by atoms with van der Waals surface area (Å²) in [6.45, 7) is 2.32. The van der Waals surface area contributed by atoms with Crippen LogP contribution in [0.5, 0.6) is 5.75 Å². The average Bonchev–Trinajstić information content (AvgIpc) is 2.49. The summed E-state index contributed by atoms with van der Waals surface area (Å²) in [6, 6.07) is 12.6. The number of rotatable bonds is 5. The lowest BCUT2D eigenvalue weighted by molar-refractivity contribution is 0.411. The molecule has 22 heavy (non-hydrogen) atoms. The van der Waals surface area contributed by atoms with Gasteiger partial charge in [-0.15, -0.1) is 0 Å². The van der Waals surface area contributed by atoms with Gasteiger partial charge < -0.3 is 4.74 Å². The number of ether oxygens (including phenoxy) is 1. The Labute approximate surface area is 139 Å². The Morgan fingerprint density at radius 2 is 1.77 bits per heavy atom. The summed E-state index contributed by atoms with van der Waals surface area (Å²) in [6.07, 6.45) is 0. The molecule has 2 aromatic rings. The molecule has 0 N–H and O–H groups in total. The molecule has 2 aromatic carbocycles. The maximum absolute atomic E-state index is 12.6. The number of halogens is 1. The molecule has 0 aliphatic carbocycles. The van der Waals surface area contributed by atoms with E-state index in [1.165, 1.54) is 11.4 Å². The Balaban J connectivity index is 2.25. The van der Waals surface area contributed by atoms with Gasteiger partial charge in [0.1, 0.15) is 5.75 Å². The zero-order chi connectivity index (χ0) is 16.3. The van der Waals surface area contributed by atoms with Crippen LogP contribution in [0.4, 0.5) is 0 Å². The summed E-state index contributed by atoms with van der Waals surface area (Å²) in [7, 11) is -0.431. The quantitative estimate of drug-likeness (QED) is 0.792. The van der Waals surface area contributed by atoms with Crippen molar-refractivity contribution in [2.24, 2.45) is 0 Å². The monoisotopic (exact) mass is 383 g/mol. The van der Waals surface area contributed by atoms with Crippen molar-refractivity contribution >= 4 is 26.0 Å². The van der Waals surface area contributed by atoms with Gasteiger partial charge in [0.05, 0.1) is 16.5 Å². The SMILES string of the molecule is COc1ccc(S(=O)(=O)N(C)Cc2ccc(C)cc2)cc1Br. The lowest BCUT2D eigenvalue weighted by atomic mass is 10.1. The highest BCUT2D eigenvalue weighted by atomic mass is 79.9. The molecule has 0 amide bonds. The van der Waals surface area contributed by atoms with E-state index in [0.717, 1.165) is 11.1 Å². The second-order valence-corrected chi connectivity index (χ2v) is 7.94. The second kappa shape index (κ2) is 6.81. The molecule has 0 saturated carbocycles. The van der Waals surface area contributed by atoms with Crippen molar-refractivity contribution in [2.45, 2.75) is 18.4 Å². The number of hydrogen-bond donors (Lipinski definition) is 0. The van der Waals surface area contributed by atoms with E-state index in [-0.39, 0.29) is 4.90 Å². The molecule has 0 unspecified atom stereocenters. The fourth-order valence-corrected chi connectivity index (χ4v) is 3.90. The Morgan fingerprint density at radius 3 is 2.32 bits per heavy atom. The predicted molar refractivity (Wildman–Crippen MR) is 90.5 cm³/mol. The molecule has 0 aliphatic heterocycles. The van der Waals surface area contributed by atoms with Gasteiger partial charge >= 0.3 is 0 Å². The Kier molecular flexibility index (Phi) is 5.26. The number of sulfonamides is 1. The van der Waals surface area contributed by atoms with Crippen molar-refractivity contribution in [1.29, 1.82) is 0 Å². The zero-order valence-corrected chi connectivity index (χ0v) is 15.1. The van der Waals surface area contributed by atoms with E-state index < -0.39 is 10.0 Å². The van der Waals surface area contributed by atoms with E-state index in [1.54, 1.807) is 25.2 Å². The van der Waals surface area contributed by atoms with Crippen molar-refractivity contribution in [3.8, 4) is 5.75 Å². The average molecular weight is 384 g/mol. The first kappa shape index (κ1) is 17.0. The maximum atomic E-state index is 12.6. The molecule has 0 saturated heterocycles. The smallest absolute Gasteiger partial charge is 0.243 e. The van der Waals surface area contributed by atoms with Crippen LogP contribution < -0.4 is 4.74 Å². The first-order valence-corrected chi connectivity index (χ1v) is 8.93. The number of nitrogens with zero attached hydrogens (tertiary/aromatic N) is 1. The summed E-state index contributed by atoms with van der Waals surface area (Å²) in [5, 5.41) is 0. The largest absolute Gasteiger partial charge is 0.496 e. The van der Waals surface area contributed by atoms with Crippen LogP contribution in [0, 0.1) is 6.92 Å². The summed E-state index contributed by atoms with van der Waals surface area (Å²) in [5.41, 5.74) is 2.09. The Hall–Kier alpha value is -1.37. The minimum Gasteiger partial charge on any atom is -0.496 e. The highest BCUT2D eigenvalue weighted by Gasteiger charge is 2.22. The maximum Gasteiger partial charge on any atom is 0.243 e. The second-order valence-electron chi connectivity index (χ2n) is 5.04. The van der Waals surface area contributed by atoms with E-state index >= 15 is 0 Å². The van der Waals surface area contributed by atoms with Crippen LogP contribution in [-0.2, 0) is 16.6 Å². The molecule has 2 rings (SSSR count). The van der Waals surface area contributed by atoms with Gasteiger partial charge in [-0.25, -0.2) is 8.42 Å². The third kappa shape index (κ3) is 3.69. The molecule has 0 aromatic heterocycles. The van der Waals surface area contributed by atoms with Gasteiger partial charge in [-0.1, -0.05) is 29.8 Å². The summed E-state index contributed by atoms with van der Waals surface area (Å²) >= 11 is 3.32. The van der Waals surface area contributed by atoms with Crippen LogP contribution in [0.1, 0.15) is 11.1 Å². The minimum absolute atomic E-state index is 0.231. The number of hydrogen-bond acceptors (Lipinski definition) is 3. The van der Waals surface area contributed by atoms with Crippen molar-refractivity contribution in [2.75, 3.05) is 14.2 Å². The highest BCUT2D eigenvalue weighted by molar-refractivity contribution is 9.10. The van der Waals surface area contributed by atoms with Crippen molar-refractivity contribution in [3.63, 3.8) is 0 Å². The van der Waals surface area contributed by atoms with E-state index in [9.17, 15) is 8.42 Å². The molecule has 0 heterocycles. The molecular weight excluding hydrogens is 366 g/mol. The molecule has 0 atom stereocenters. The number of aryl methyl sites for hydroxylation is 1. The minimum atomic E-state index is -3.55. The lowest BCUT2D eigenvalue weighted by Crippen LogP contribution is -2.26. The fraction of sp³-hybridized carbons (Fsp3) is 0.250. The molecule has 0 spiro atoms. The van der Waals surface area contributed by atoms with Gasteiger partial charge in [-0.05, 0) is 46.6 Å². The third-order valence-corrected chi connectivity index (χ3v) is 5.78. The van der Waals surface area contributed by atoms with Crippen molar-refractivity contribution in [3.05, 3.63) is 58.1 Å². The Morgan fingerprint density at radius 1 is 1.14 bits per heavy atom. The van der Waals surface area contributed by atoms with Crippen LogP contribution in [0.2, 0.25) is 0 Å². The standard InChI is InChI=1S/C16H18BrNO3S/c1-12-4-6-13(7-5-12)11-18(2)22(19,20)14-8-9-16(21-3)15(17)10-14/h4-10H,11H2,1-3H3. The van der Waals surface area contributed by atoms with Crippen molar-refractivity contribution in [1.82, 2.24) is 4.31 Å². The van der Waals surface area contributed by atoms with Crippen LogP contribution in [0.15, 0.2) is 51.8 Å². The number of methoxy groups -OCH3 is 1. The van der Waals surface area contributed by atoms with E-state index in [1.807, 2.05) is 31.2 Å². The number of benzene rings is 2. The van der Waals surface area contributed by atoms with E-state index in [2.05, 4.69) is 15.9 Å². The van der Waals surface area contributed by atoms with Crippen LogP contribution in [0.3, 0.4) is 0 Å². The first-order chi connectivity index (χ1) is 10.3. The molecule has 0 aliphatic rings. The van der Waals surface area contributed by atoms with Crippen LogP contribution in [0.25, 0.3) is 0 Å². The van der Waals surface area contributed by atoms with Crippen LogP contribution in [-0.4, -0.2) is 26.9 Å². The van der Waals surface area contributed by atoms with Gasteiger partial charge in [0.2, 0.25) is 10.0 Å². The molecule has 6 heteroatoms. The Bertz CT molecular complexity index is 757. The van der Waals surface area contributed by atoms with Gasteiger partial charge in [0.25, 0.3) is 0 Å². The first-order valence-electron chi connectivity index (χ1n) is 6.70. The third-order valence-electron chi connectivity index (χ3n) is 3.36. The van der Waals surface area contributed by atoms with Gasteiger partial charge in [-0.3, -0.25) is 0 Å². The summed E-state index contributed by atoms with van der Waals surface area (Å²) in [4.78, 5) is 0.231. The van der Waals surface area contributed by atoms with Gasteiger partial charge in [0, 0.05) is 13.6 Å². The fourth-order valence-electron chi connectivity index (χ4n) is 2.02.